The molecule has 1 aliphatic heterocycles. The predicted molar refractivity (Wildman–Crippen MR) is 121 cm³/mol. The molecule has 9 nitrogen and oxygen atoms in total. The van der Waals surface area contributed by atoms with Crippen molar-refractivity contribution in [1.82, 2.24) is 10.3 Å². The average Bonchev–Trinajstić information content (AvgIpc) is 3.22. The van der Waals surface area contributed by atoms with E-state index in [0.717, 1.165) is 22.6 Å². The van der Waals surface area contributed by atoms with E-state index in [2.05, 4.69) is 20.9 Å². The van der Waals surface area contributed by atoms with E-state index in [0.29, 0.717) is 41.5 Å². The van der Waals surface area contributed by atoms with E-state index in [1.807, 2.05) is 42.5 Å². The van der Waals surface area contributed by atoms with Gasteiger partial charge in [0.2, 0.25) is 11.6 Å². The quantitative estimate of drug-likeness (QED) is 0.597. The van der Waals surface area contributed by atoms with Crippen molar-refractivity contribution in [3.63, 3.8) is 0 Å². The molecule has 0 bridgehead atoms. The number of benzene rings is 2. The molecule has 9 heteroatoms. The van der Waals surface area contributed by atoms with Crippen LogP contribution in [-0.2, 0) is 4.79 Å². The van der Waals surface area contributed by atoms with Crippen LogP contribution in [-0.4, -0.2) is 37.4 Å². The highest BCUT2D eigenvalue weighted by molar-refractivity contribution is 6.01. The van der Waals surface area contributed by atoms with Crippen LogP contribution in [0.1, 0.15) is 35.9 Å². The molecule has 2 N–H and O–H groups in total. The van der Waals surface area contributed by atoms with Crippen LogP contribution in [0.2, 0.25) is 0 Å². The van der Waals surface area contributed by atoms with E-state index in [1.54, 1.807) is 21.3 Å². The van der Waals surface area contributed by atoms with Gasteiger partial charge in [0.25, 0.3) is 0 Å². The first-order chi connectivity index (χ1) is 16.1. The molecule has 0 amide bonds. The minimum atomic E-state index is -0.519. The number of ether oxygens (including phenoxy) is 3. The molecule has 0 spiro atoms. The summed E-state index contributed by atoms with van der Waals surface area (Å²) in [5, 5.41) is 14.6. The Morgan fingerprint density at radius 1 is 0.909 bits per heavy atom. The van der Waals surface area contributed by atoms with Crippen molar-refractivity contribution >= 4 is 17.4 Å². The van der Waals surface area contributed by atoms with Gasteiger partial charge in [-0.05, 0) is 58.5 Å². The standard InChI is InChI=1S/C24H24N4O5/c1-30-15-6-4-13(5-7-15)14-10-18-21(19(29)11-14)22(26-24-23(25-18)27-33-28-24)17-12-16(31-2)8-9-20(17)32-3/h4-9,12,14,22H,10-11H2,1-3H3,(H,25,27)(H,26,28)/t14-,22+/m1/s1. The van der Waals surface area contributed by atoms with Crippen LogP contribution in [0.15, 0.2) is 58.4 Å². The number of carbonyl (C=O) groups is 1. The van der Waals surface area contributed by atoms with Gasteiger partial charge in [-0.2, -0.15) is 0 Å². The van der Waals surface area contributed by atoms with Gasteiger partial charge in [0.1, 0.15) is 17.2 Å². The fourth-order valence-corrected chi connectivity index (χ4v) is 4.51. The van der Waals surface area contributed by atoms with E-state index >= 15 is 0 Å². The Morgan fingerprint density at radius 3 is 2.36 bits per heavy atom. The topological polar surface area (TPSA) is 108 Å². The number of nitrogens with one attached hydrogen (secondary N) is 2. The Morgan fingerprint density at radius 2 is 1.64 bits per heavy atom. The molecule has 3 aromatic rings. The van der Waals surface area contributed by atoms with Gasteiger partial charge in [-0.15, -0.1) is 0 Å². The van der Waals surface area contributed by atoms with Crippen molar-refractivity contribution in [2.75, 3.05) is 32.0 Å². The zero-order valence-electron chi connectivity index (χ0n) is 18.5. The molecule has 170 valence electrons. The number of aromatic nitrogens is 2. The van der Waals surface area contributed by atoms with Crippen LogP contribution in [0, 0.1) is 0 Å². The predicted octanol–water partition coefficient (Wildman–Crippen LogP) is 4.07. The lowest BCUT2D eigenvalue weighted by atomic mass is 9.78. The number of nitrogens with zero attached hydrogens (tertiary/aromatic N) is 2. The van der Waals surface area contributed by atoms with Gasteiger partial charge >= 0.3 is 0 Å². The summed E-state index contributed by atoms with van der Waals surface area (Å²) in [4.78, 5) is 13.6. The maximum Gasteiger partial charge on any atom is 0.219 e. The first-order valence-corrected chi connectivity index (χ1v) is 10.6. The van der Waals surface area contributed by atoms with Crippen molar-refractivity contribution in [3.05, 3.63) is 64.9 Å². The number of anilines is 2. The Hall–Kier alpha value is -4.01. The van der Waals surface area contributed by atoms with Crippen LogP contribution in [0.3, 0.4) is 0 Å². The summed E-state index contributed by atoms with van der Waals surface area (Å²) in [5.74, 6) is 2.98. The molecule has 2 atom stereocenters. The van der Waals surface area contributed by atoms with Gasteiger partial charge in [0.15, 0.2) is 5.78 Å². The number of hydrogen-bond acceptors (Lipinski definition) is 9. The Bertz CT molecular complexity index is 1220. The number of allylic oxidation sites excluding steroid dienone is 1. The molecule has 0 saturated carbocycles. The monoisotopic (exact) mass is 448 g/mol. The van der Waals surface area contributed by atoms with Crippen molar-refractivity contribution in [2.24, 2.45) is 0 Å². The summed E-state index contributed by atoms with van der Waals surface area (Å²) in [6.07, 6.45) is 1.01. The van der Waals surface area contributed by atoms with E-state index in [4.69, 9.17) is 18.8 Å². The number of rotatable bonds is 5. The third-order valence-corrected chi connectivity index (χ3v) is 6.17. The van der Waals surface area contributed by atoms with Crippen molar-refractivity contribution in [1.29, 1.82) is 0 Å². The normalized spacial score (nSPS) is 19.5. The summed E-state index contributed by atoms with van der Waals surface area (Å²) in [5.41, 5.74) is 3.25. The zero-order chi connectivity index (χ0) is 22.9. The number of carbonyl (C=O) groups excluding carboxylic acids is 1. The molecule has 1 aromatic heterocycles. The van der Waals surface area contributed by atoms with Crippen LogP contribution in [0.4, 0.5) is 11.6 Å². The molecule has 0 saturated heterocycles. The highest BCUT2D eigenvalue weighted by Crippen LogP contribution is 2.45. The second kappa shape index (κ2) is 8.50. The lowest BCUT2D eigenvalue weighted by Crippen LogP contribution is -2.27. The Labute approximate surface area is 190 Å². The van der Waals surface area contributed by atoms with Gasteiger partial charge in [-0.25, -0.2) is 4.63 Å². The maximum absolute atomic E-state index is 13.6. The molecule has 0 unspecified atom stereocenters. The third kappa shape index (κ3) is 3.75. The zero-order valence-corrected chi connectivity index (χ0v) is 18.5. The molecule has 2 aromatic carbocycles. The summed E-state index contributed by atoms with van der Waals surface area (Å²) < 4.78 is 21.3. The molecule has 33 heavy (non-hydrogen) atoms. The van der Waals surface area contributed by atoms with Gasteiger partial charge in [-0.3, -0.25) is 4.79 Å². The van der Waals surface area contributed by atoms with E-state index in [1.165, 1.54) is 0 Å². The molecular weight excluding hydrogens is 424 g/mol. The summed E-state index contributed by atoms with van der Waals surface area (Å²) in [6.45, 7) is 0. The number of ketones is 1. The largest absolute Gasteiger partial charge is 0.497 e. The summed E-state index contributed by atoms with van der Waals surface area (Å²) in [7, 11) is 4.83. The van der Waals surface area contributed by atoms with Crippen LogP contribution >= 0.6 is 0 Å². The highest BCUT2D eigenvalue weighted by atomic mass is 16.6. The minimum absolute atomic E-state index is 0.0175. The number of hydrogen-bond donors (Lipinski definition) is 2. The second-order valence-corrected chi connectivity index (χ2v) is 7.97. The first-order valence-electron chi connectivity index (χ1n) is 10.6. The molecule has 5 rings (SSSR count). The third-order valence-electron chi connectivity index (χ3n) is 6.17. The molecule has 2 heterocycles. The van der Waals surface area contributed by atoms with Gasteiger partial charge in [0.05, 0.1) is 27.4 Å². The van der Waals surface area contributed by atoms with Crippen molar-refractivity contribution in [2.45, 2.75) is 24.8 Å². The fraction of sp³-hybridized carbons (Fsp3) is 0.292. The molecule has 0 radical (unpaired) electrons. The van der Waals surface area contributed by atoms with Crippen LogP contribution in [0.5, 0.6) is 17.2 Å². The number of fused-ring (bicyclic) bond motifs is 1. The lowest BCUT2D eigenvalue weighted by molar-refractivity contribution is -0.116. The molecule has 2 aliphatic rings. The fourth-order valence-electron chi connectivity index (χ4n) is 4.51. The Balaban J connectivity index is 1.60. The second-order valence-electron chi connectivity index (χ2n) is 7.97. The first kappa shape index (κ1) is 20.9. The van der Waals surface area contributed by atoms with E-state index in [-0.39, 0.29) is 11.7 Å². The highest BCUT2D eigenvalue weighted by Gasteiger charge is 2.38. The van der Waals surface area contributed by atoms with Crippen molar-refractivity contribution in [3.8, 4) is 17.2 Å². The number of Topliss-reactive ketones (excluding diaryl/α,β-unsaturated/α-hetero) is 1. The molecule has 1 aliphatic carbocycles. The maximum atomic E-state index is 13.6. The van der Waals surface area contributed by atoms with Gasteiger partial charge < -0.3 is 24.8 Å². The van der Waals surface area contributed by atoms with Crippen molar-refractivity contribution < 1.29 is 23.6 Å². The smallest absolute Gasteiger partial charge is 0.219 e. The minimum Gasteiger partial charge on any atom is -0.497 e. The Kier molecular flexibility index (Phi) is 5.37. The van der Waals surface area contributed by atoms with E-state index < -0.39 is 6.04 Å². The lowest BCUT2D eigenvalue weighted by Gasteiger charge is -2.30. The average molecular weight is 448 g/mol. The van der Waals surface area contributed by atoms with E-state index in [9.17, 15) is 4.79 Å². The SMILES string of the molecule is COc1ccc([C@H]2CC(=O)C3=C(C2)Nc2nonc2N[C@H]3c2cc(OC)ccc2OC)cc1. The summed E-state index contributed by atoms with van der Waals surface area (Å²) >= 11 is 0. The van der Waals surface area contributed by atoms with Crippen LogP contribution < -0.4 is 24.8 Å². The molecule has 0 fully saturated rings. The van der Waals surface area contributed by atoms with Gasteiger partial charge in [-0.1, -0.05) is 12.1 Å². The van der Waals surface area contributed by atoms with Crippen LogP contribution in [0.25, 0.3) is 0 Å². The molecular formula is C24H24N4O5. The number of methoxy groups -OCH3 is 3. The summed E-state index contributed by atoms with van der Waals surface area (Å²) in [6, 6.07) is 12.8. The van der Waals surface area contributed by atoms with Gasteiger partial charge in [0, 0.05) is 23.3 Å².